The smallest absolute Gasteiger partial charge is 0.462 e. The van der Waals surface area contributed by atoms with E-state index in [1.807, 2.05) is 12.2 Å². The third kappa shape index (κ3) is 38.4. The van der Waals surface area contributed by atoms with Crippen LogP contribution in [0.2, 0.25) is 0 Å². The van der Waals surface area contributed by atoms with E-state index in [9.17, 15) is 33.8 Å². The highest BCUT2D eigenvalue weighted by Gasteiger charge is 2.28. The number of phosphoric acid groups is 2. The van der Waals surface area contributed by atoms with Gasteiger partial charge in [0.05, 0.1) is 25.9 Å². The van der Waals surface area contributed by atoms with Crippen LogP contribution < -0.4 is 0 Å². The van der Waals surface area contributed by atoms with Gasteiger partial charge in [-0.1, -0.05) is 132 Å². The van der Waals surface area contributed by atoms with Gasteiger partial charge >= 0.3 is 27.6 Å². The van der Waals surface area contributed by atoms with Crippen molar-refractivity contribution < 1.29 is 66.7 Å². The van der Waals surface area contributed by atoms with Gasteiger partial charge in [-0.15, -0.1) is 0 Å². The fourth-order valence-electron chi connectivity index (χ4n) is 4.64. The fourth-order valence-corrected chi connectivity index (χ4v) is 5.80. The molecule has 0 aliphatic carbocycles. The highest BCUT2D eigenvalue weighted by molar-refractivity contribution is 7.47. The molecule has 0 aromatic carbocycles. The summed E-state index contributed by atoms with van der Waals surface area (Å²) in [5, 5.41) is 20.0. The standard InChI is InChI=1S/C40H68O14P2/c1-4-5-6-7-8-9-10-11-12-13-14-15-16-17-21-24-27-36(41)29-30-40(44)54-38(33-50-39(43)28-25-22-19-18-20-23-26-35(2)3)34-53-56(48,49)52-32-37(42)31-51-55(45,46)47/h5-6,8-9,11-12,14-15,17,21,24,27,35-38,41-42H,4,7,10,13,16,18-20,22-23,25-26,28-34H2,1-3H3,(H,48,49)(H2,45,46,47)/b6-5-,9-8-,12-11-,15-14-,21-17-,27-24-/t36?,37-,38+/m0/s1. The Kier molecular flexibility index (Phi) is 33.0. The van der Waals surface area contributed by atoms with Crippen molar-refractivity contribution >= 4 is 27.6 Å². The lowest BCUT2D eigenvalue weighted by molar-refractivity contribution is -0.161. The monoisotopic (exact) mass is 834 g/mol. The van der Waals surface area contributed by atoms with E-state index in [2.05, 4.69) is 72.4 Å². The molecule has 0 aliphatic heterocycles. The van der Waals surface area contributed by atoms with E-state index in [1.165, 1.54) is 18.9 Å². The lowest BCUT2D eigenvalue weighted by atomic mass is 10.0. The van der Waals surface area contributed by atoms with Crippen LogP contribution in [0, 0.1) is 5.92 Å². The summed E-state index contributed by atoms with van der Waals surface area (Å²) in [6.07, 6.45) is 31.4. The molecule has 0 spiro atoms. The quantitative estimate of drug-likeness (QED) is 0.0134. The number of esters is 2. The number of ether oxygens (including phenoxy) is 2. The Hall–Kier alpha value is -2.48. The molecule has 0 saturated heterocycles. The molecule has 5 N–H and O–H groups in total. The molecule has 0 aliphatic rings. The molecule has 0 amide bonds. The van der Waals surface area contributed by atoms with E-state index < -0.39 is 72.3 Å². The van der Waals surface area contributed by atoms with Gasteiger partial charge in [-0.25, -0.2) is 9.13 Å². The van der Waals surface area contributed by atoms with E-state index in [0.717, 1.165) is 51.4 Å². The first-order valence-corrected chi connectivity index (χ1v) is 22.6. The van der Waals surface area contributed by atoms with Crippen LogP contribution in [-0.2, 0) is 41.8 Å². The summed E-state index contributed by atoms with van der Waals surface area (Å²) in [6.45, 7) is 3.53. The summed E-state index contributed by atoms with van der Waals surface area (Å²) < 4.78 is 47.3. The van der Waals surface area contributed by atoms with Gasteiger partial charge in [-0.3, -0.25) is 23.2 Å². The number of carbonyl (C=O) groups excluding carboxylic acids is 2. The highest BCUT2D eigenvalue weighted by atomic mass is 31.2. The molecule has 2 unspecified atom stereocenters. The number of hydrogen-bond donors (Lipinski definition) is 5. The van der Waals surface area contributed by atoms with Crippen molar-refractivity contribution in [1.82, 2.24) is 0 Å². The summed E-state index contributed by atoms with van der Waals surface area (Å²) in [7, 11) is -9.76. The summed E-state index contributed by atoms with van der Waals surface area (Å²) in [5.41, 5.74) is 0. The van der Waals surface area contributed by atoms with Crippen LogP contribution in [-0.4, -0.2) is 81.6 Å². The predicted molar refractivity (Wildman–Crippen MR) is 217 cm³/mol. The van der Waals surface area contributed by atoms with E-state index in [4.69, 9.17) is 23.8 Å². The Bertz CT molecular complexity index is 1300. The Balaban J connectivity index is 4.82. The van der Waals surface area contributed by atoms with E-state index in [0.29, 0.717) is 18.8 Å². The van der Waals surface area contributed by atoms with Crippen LogP contribution in [0.15, 0.2) is 72.9 Å². The molecule has 0 rings (SSSR count). The van der Waals surface area contributed by atoms with Gasteiger partial charge in [0.2, 0.25) is 0 Å². The van der Waals surface area contributed by atoms with E-state index in [-0.39, 0.29) is 19.3 Å². The van der Waals surface area contributed by atoms with Crippen LogP contribution in [0.1, 0.15) is 117 Å². The Labute approximate surface area is 334 Å². The average Bonchev–Trinajstić information content (AvgIpc) is 3.13. The molecule has 0 heterocycles. The van der Waals surface area contributed by atoms with Crippen LogP contribution in [0.3, 0.4) is 0 Å². The lowest BCUT2D eigenvalue weighted by Crippen LogP contribution is -2.30. The molecule has 0 aromatic heterocycles. The zero-order valence-electron chi connectivity index (χ0n) is 33.5. The molecular weight excluding hydrogens is 766 g/mol. The molecule has 0 fully saturated rings. The zero-order valence-corrected chi connectivity index (χ0v) is 35.3. The summed E-state index contributed by atoms with van der Waals surface area (Å²) in [6, 6.07) is 0. The first kappa shape index (κ1) is 53.5. The Morgan fingerprint density at radius 2 is 1.14 bits per heavy atom. The van der Waals surface area contributed by atoms with E-state index in [1.54, 1.807) is 12.2 Å². The number of rotatable bonds is 35. The van der Waals surface area contributed by atoms with Crippen LogP contribution in [0.5, 0.6) is 0 Å². The Morgan fingerprint density at radius 1 is 0.607 bits per heavy atom. The maximum atomic E-state index is 12.6. The van der Waals surface area contributed by atoms with Crippen LogP contribution >= 0.6 is 15.6 Å². The number of aliphatic hydroxyl groups excluding tert-OH is 2. The zero-order chi connectivity index (χ0) is 41.9. The second-order valence-electron chi connectivity index (χ2n) is 13.5. The van der Waals surface area contributed by atoms with Gasteiger partial charge in [0.25, 0.3) is 0 Å². The van der Waals surface area contributed by atoms with E-state index >= 15 is 0 Å². The Morgan fingerprint density at radius 3 is 1.73 bits per heavy atom. The first-order valence-electron chi connectivity index (χ1n) is 19.6. The molecule has 0 bridgehead atoms. The van der Waals surface area contributed by atoms with Gasteiger partial charge in [0, 0.05) is 12.8 Å². The molecule has 16 heteroatoms. The van der Waals surface area contributed by atoms with Gasteiger partial charge in [0.15, 0.2) is 6.10 Å². The van der Waals surface area contributed by atoms with Gasteiger partial charge < -0.3 is 34.4 Å². The minimum absolute atomic E-state index is 0.0149. The number of aliphatic hydroxyl groups is 2. The van der Waals surface area contributed by atoms with Crippen molar-refractivity contribution in [3.63, 3.8) is 0 Å². The molecule has 14 nitrogen and oxygen atoms in total. The molecule has 4 atom stereocenters. The van der Waals surface area contributed by atoms with Crippen molar-refractivity contribution in [3.8, 4) is 0 Å². The minimum Gasteiger partial charge on any atom is -0.462 e. The minimum atomic E-state index is -4.89. The van der Waals surface area contributed by atoms with Crippen LogP contribution in [0.4, 0.5) is 0 Å². The van der Waals surface area contributed by atoms with Crippen LogP contribution in [0.25, 0.3) is 0 Å². The number of unbranched alkanes of at least 4 members (excludes halogenated alkanes) is 5. The summed E-state index contributed by atoms with van der Waals surface area (Å²) in [5.74, 6) is -0.647. The van der Waals surface area contributed by atoms with Crippen molar-refractivity contribution in [1.29, 1.82) is 0 Å². The van der Waals surface area contributed by atoms with Gasteiger partial charge in [-0.05, 0) is 50.9 Å². The maximum Gasteiger partial charge on any atom is 0.472 e. The van der Waals surface area contributed by atoms with Crippen molar-refractivity contribution in [3.05, 3.63) is 72.9 Å². The number of carbonyl (C=O) groups is 2. The molecule has 0 radical (unpaired) electrons. The maximum absolute atomic E-state index is 12.6. The SMILES string of the molecule is CC/C=C\C/C=C\C/C=C\C/C=C\C/C=C\C=C/C(O)CCC(=O)O[C@H](COC(=O)CCCCCCCCC(C)C)COP(=O)(O)OC[C@@H](O)COP(=O)(O)O. The second kappa shape index (κ2) is 34.6. The van der Waals surface area contributed by atoms with Crippen molar-refractivity contribution in [2.45, 2.75) is 135 Å². The normalized spacial score (nSPS) is 15.6. The van der Waals surface area contributed by atoms with Crippen molar-refractivity contribution in [2.75, 3.05) is 26.4 Å². The third-order valence-electron chi connectivity index (χ3n) is 7.65. The molecule has 322 valence electrons. The average molecular weight is 835 g/mol. The number of allylic oxidation sites excluding steroid dienone is 11. The molecular formula is C40H68O14P2. The lowest BCUT2D eigenvalue weighted by Gasteiger charge is -2.20. The second-order valence-corrected chi connectivity index (χ2v) is 16.2. The predicted octanol–water partition coefficient (Wildman–Crippen LogP) is 8.27. The van der Waals surface area contributed by atoms with Gasteiger partial charge in [0.1, 0.15) is 12.7 Å². The first-order chi connectivity index (χ1) is 26.6. The molecule has 0 aromatic rings. The number of hydrogen-bond acceptors (Lipinski definition) is 11. The topological polar surface area (TPSA) is 216 Å². The fraction of sp³-hybridized carbons (Fsp3) is 0.650. The van der Waals surface area contributed by atoms with Gasteiger partial charge in [-0.2, -0.15) is 0 Å². The largest absolute Gasteiger partial charge is 0.472 e. The van der Waals surface area contributed by atoms with Crippen molar-refractivity contribution in [2.24, 2.45) is 5.92 Å². The number of phosphoric ester groups is 2. The molecule has 56 heavy (non-hydrogen) atoms. The summed E-state index contributed by atoms with van der Waals surface area (Å²) in [4.78, 5) is 52.4. The highest BCUT2D eigenvalue weighted by Crippen LogP contribution is 2.43. The molecule has 0 saturated carbocycles. The summed E-state index contributed by atoms with van der Waals surface area (Å²) >= 11 is 0. The third-order valence-corrected chi connectivity index (χ3v) is 9.08.